The van der Waals surface area contributed by atoms with E-state index in [0.29, 0.717) is 12.5 Å². The number of nitrogens with one attached hydrogen (secondary N) is 1. The zero-order valence-electron chi connectivity index (χ0n) is 11.8. The molecule has 0 saturated heterocycles. The Hall–Kier alpha value is -1.12. The standard InChI is InChI=1S/C13H19F3N2O2S/c1-9(2)6-11(8-17)18-21(19,20)12-5-3-4-10(7-12)13(14,15)16/h3-5,7,9,11,18H,6,8,17H2,1-2H3. The maximum Gasteiger partial charge on any atom is 0.416 e. The van der Waals surface area contributed by atoms with Crippen molar-refractivity contribution in [2.45, 2.75) is 37.4 Å². The van der Waals surface area contributed by atoms with E-state index in [-0.39, 0.29) is 12.5 Å². The number of alkyl halides is 3. The van der Waals surface area contributed by atoms with E-state index in [2.05, 4.69) is 4.72 Å². The van der Waals surface area contributed by atoms with Crippen LogP contribution < -0.4 is 10.5 Å². The molecule has 0 bridgehead atoms. The first-order chi connectivity index (χ1) is 9.56. The molecule has 1 atom stereocenters. The SMILES string of the molecule is CC(C)CC(CN)NS(=O)(=O)c1cccc(C(F)(F)F)c1. The highest BCUT2D eigenvalue weighted by molar-refractivity contribution is 7.89. The van der Waals surface area contributed by atoms with Crippen LogP contribution in [-0.4, -0.2) is 21.0 Å². The van der Waals surface area contributed by atoms with Crippen molar-refractivity contribution in [2.75, 3.05) is 6.54 Å². The van der Waals surface area contributed by atoms with Crippen molar-refractivity contribution in [3.05, 3.63) is 29.8 Å². The number of halogens is 3. The molecule has 1 aromatic rings. The summed E-state index contributed by atoms with van der Waals surface area (Å²) in [6.45, 7) is 3.89. The highest BCUT2D eigenvalue weighted by atomic mass is 32.2. The third-order valence-electron chi connectivity index (χ3n) is 2.83. The number of hydrogen-bond acceptors (Lipinski definition) is 3. The zero-order chi connectivity index (χ0) is 16.3. The largest absolute Gasteiger partial charge is 0.416 e. The second-order valence-corrected chi connectivity index (χ2v) is 6.92. The average Bonchev–Trinajstić information content (AvgIpc) is 2.36. The van der Waals surface area contributed by atoms with Crippen molar-refractivity contribution >= 4 is 10.0 Å². The minimum atomic E-state index is -4.59. The predicted molar refractivity (Wildman–Crippen MR) is 74.1 cm³/mol. The normalized spacial score (nSPS) is 14.4. The molecule has 0 aliphatic carbocycles. The first kappa shape index (κ1) is 17.9. The van der Waals surface area contributed by atoms with Crippen molar-refractivity contribution in [3.63, 3.8) is 0 Å². The Bertz CT molecular complexity index is 571. The van der Waals surface area contributed by atoms with Crippen molar-refractivity contribution in [1.29, 1.82) is 0 Å². The van der Waals surface area contributed by atoms with Crippen LogP contribution in [0.3, 0.4) is 0 Å². The van der Waals surface area contributed by atoms with Gasteiger partial charge in [-0.05, 0) is 30.5 Å². The van der Waals surface area contributed by atoms with Crippen molar-refractivity contribution in [2.24, 2.45) is 11.7 Å². The number of rotatable bonds is 6. The molecule has 0 aliphatic rings. The lowest BCUT2D eigenvalue weighted by molar-refractivity contribution is -0.137. The first-order valence-corrected chi connectivity index (χ1v) is 7.94. The summed E-state index contributed by atoms with van der Waals surface area (Å²) in [5.74, 6) is 0.211. The number of nitrogens with two attached hydrogens (primary N) is 1. The van der Waals surface area contributed by atoms with Gasteiger partial charge in [0, 0.05) is 12.6 Å². The molecular formula is C13H19F3N2O2S. The number of sulfonamides is 1. The minimum absolute atomic E-state index is 0.0797. The van der Waals surface area contributed by atoms with Crippen LogP contribution in [0.1, 0.15) is 25.8 Å². The van der Waals surface area contributed by atoms with Crippen molar-refractivity contribution in [1.82, 2.24) is 4.72 Å². The van der Waals surface area contributed by atoms with Gasteiger partial charge < -0.3 is 5.73 Å². The van der Waals surface area contributed by atoms with Gasteiger partial charge in [0.25, 0.3) is 0 Å². The lowest BCUT2D eigenvalue weighted by atomic mass is 10.1. The summed E-state index contributed by atoms with van der Waals surface area (Å²) in [5.41, 5.74) is 4.50. The molecule has 4 nitrogen and oxygen atoms in total. The van der Waals surface area contributed by atoms with Gasteiger partial charge in [0.05, 0.1) is 10.5 Å². The van der Waals surface area contributed by atoms with Crippen LogP contribution in [0, 0.1) is 5.92 Å². The summed E-state index contributed by atoms with van der Waals surface area (Å²) in [6.07, 6.45) is -4.08. The molecule has 0 aromatic heterocycles. The average molecular weight is 324 g/mol. The van der Waals surface area contributed by atoms with Gasteiger partial charge in [0.1, 0.15) is 0 Å². The molecule has 21 heavy (non-hydrogen) atoms. The molecule has 0 saturated carbocycles. The van der Waals surface area contributed by atoms with Gasteiger partial charge in [0.15, 0.2) is 0 Å². The minimum Gasteiger partial charge on any atom is -0.329 e. The summed E-state index contributed by atoms with van der Waals surface area (Å²) in [6, 6.07) is 3.13. The van der Waals surface area contributed by atoms with Crippen LogP contribution >= 0.6 is 0 Å². The first-order valence-electron chi connectivity index (χ1n) is 6.46. The fraction of sp³-hybridized carbons (Fsp3) is 0.538. The summed E-state index contributed by atoms with van der Waals surface area (Å²) in [4.78, 5) is -0.417. The smallest absolute Gasteiger partial charge is 0.329 e. The van der Waals surface area contributed by atoms with Gasteiger partial charge in [-0.15, -0.1) is 0 Å². The Labute approximate surface area is 122 Å². The third kappa shape index (κ3) is 5.29. The van der Waals surface area contributed by atoms with Gasteiger partial charge in [0.2, 0.25) is 10.0 Å². The van der Waals surface area contributed by atoms with E-state index < -0.39 is 32.7 Å². The molecule has 1 unspecified atom stereocenters. The number of benzene rings is 1. The lowest BCUT2D eigenvalue weighted by Crippen LogP contribution is -2.41. The second kappa shape index (κ2) is 6.76. The van der Waals surface area contributed by atoms with Gasteiger partial charge in [-0.1, -0.05) is 19.9 Å². The van der Waals surface area contributed by atoms with Crippen LogP contribution in [0.2, 0.25) is 0 Å². The van der Waals surface area contributed by atoms with E-state index in [1.54, 1.807) is 0 Å². The quantitative estimate of drug-likeness (QED) is 0.844. The monoisotopic (exact) mass is 324 g/mol. The van der Waals surface area contributed by atoms with Crippen molar-refractivity contribution in [3.8, 4) is 0 Å². The molecule has 3 N–H and O–H groups in total. The fourth-order valence-corrected chi connectivity index (χ4v) is 3.20. The molecule has 0 aliphatic heterocycles. The molecule has 0 heterocycles. The van der Waals surface area contributed by atoms with E-state index in [0.717, 1.165) is 18.2 Å². The van der Waals surface area contributed by atoms with E-state index in [1.165, 1.54) is 0 Å². The molecule has 1 rings (SSSR count). The Morgan fingerprint density at radius 1 is 1.29 bits per heavy atom. The molecule has 0 fully saturated rings. The van der Waals surface area contributed by atoms with Crippen LogP contribution in [0.5, 0.6) is 0 Å². The summed E-state index contributed by atoms with van der Waals surface area (Å²) in [5, 5.41) is 0. The molecular weight excluding hydrogens is 305 g/mol. The summed E-state index contributed by atoms with van der Waals surface area (Å²) >= 11 is 0. The Kier molecular flexibility index (Phi) is 5.77. The van der Waals surface area contributed by atoms with Gasteiger partial charge in [-0.3, -0.25) is 0 Å². The highest BCUT2D eigenvalue weighted by Gasteiger charge is 2.32. The van der Waals surface area contributed by atoms with Crippen LogP contribution in [0.25, 0.3) is 0 Å². The Morgan fingerprint density at radius 3 is 2.38 bits per heavy atom. The van der Waals surface area contributed by atoms with Crippen LogP contribution in [0.15, 0.2) is 29.2 Å². The maximum absolute atomic E-state index is 12.6. The lowest BCUT2D eigenvalue weighted by Gasteiger charge is -2.19. The van der Waals surface area contributed by atoms with E-state index >= 15 is 0 Å². The predicted octanol–water partition coefficient (Wildman–Crippen LogP) is 2.36. The molecule has 0 amide bonds. The summed E-state index contributed by atoms with van der Waals surface area (Å²) < 4.78 is 64.5. The van der Waals surface area contributed by atoms with Gasteiger partial charge >= 0.3 is 6.18 Å². The maximum atomic E-state index is 12.6. The van der Waals surface area contributed by atoms with Gasteiger partial charge in [-0.25, -0.2) is 13.1 Å². The fourth-order valence-electron chi connectivity index (χ4n) is 1.89. The van der Waals surface area contributed by atoms with E-state index in [9.17, 15) is 21.6 Å². The molecule has 0 spiro atoms. The highest BCUT2D eigenvalue weighted by Crippen LogP contribution is 2.30. The molecule has 1 aromatic carbocycles. The third-order valence-corrected chi connectivity index (χ3v) is 4.35. The Balaban J connectivity index is 3.02. The second-order valence-electron chi connectivity index (χ2n) is 5.21. The van der Waals surface area contributed by atoms with E-state index in [1.807, 2.05) is 13.8 Å². The van der Waals surface area contributed by atoms with Crippen molar-refractivity contribution < 1.29 is 21.6 Å². The molecule has 0 radical (unpaired) electrons. The molecule has 120 valence electrons. The Morgan fingerprint density at radius 2 is 1.90 bits per heavy atom. The summed E-state index contributed by atoms with van der Waals surface area (Å²) in [7, 11) is -4.03. The van der Waals surface area contributed by atoms with Crippen LogP contribution in [-0.2, 0) is 16.2 Å². The van der Waals surface area contributed by atoms with Crippen LogP contribution in [0.4, 0.5) is 13.2 Å². The topological polar surface area (TPSA) is 72.2 Å². The van der Waals surface area contributed by atoms with Gasteiger partial charge in [-0.2, -0.15) is 13.2 Å². The molecule has 8 heteroatoms. The zero-order valence-corrected chi connectivity index (χ0v) is 12.6. The number of hydrogen-bond donors (Lipinski definition) is 2. The van der Waals surface area contributed by atoms with E-state index in [4.69, 9.17) is 5.73 Å².